The van der Waals surface area contributed by atoms with Crippen LogP contribution in [-0.2, 0) is 14.4 Å². The van der Waals surface area contributed by atoms with Crippen LogP contribution in [-0.4, -0.2) is 36.8 Å². The van der Waals surface area contributed by atoms with Gasteiger partial charge in [-0.1, -0.05) is 18.2 Å². The first-order valence-corrected chi connectivity index (χ1v) is 8.51. The number of hydrogen-bond acceptors (Lipinski definition) is 5. The van der Waals surface area contributed by atoms with Gasteiger partial charge in [-0.15, -0.1) is 0 Å². The fourth-order valence-corrected chi connectivity index (χ4v) is 3.73. The maximum Gasteiger partial charge on any atom is 0.237 e. The second-order valence-corrected chi connectivity index (χ2v) is 6.48. The van der Waals surface area contributed by atoms with Crippen LogP contribution >= 0.6 is 0 Å². The molecule has 3 unspecified atom stereocenters. The van der Waals surface area contributed by atoms with Gasteiger partial charge in [0.1, 0.15) is 0 Å². The summed E-state index contributed by atoms with van der Waals surface area (Å²) in [5.41, 5.74) is 6.01. The normalized spacial score (nSPS) is 22.9. The van der Waals surface area contributed by atoms with Gasteiger partial charge in [0, 0.05) is 0 Å². The first-order chi connectivity index (χ1) is 12.5. The van der Waals surface area contributed by atoms with Gasteiger partial charge in [-0.3, -0.25) is 19.3 Å². The monoisotopic (exact) mass is 358 g/mol. The van der Waals surface area contributed by atoms with E-state index in [-0.39, 0.29) is 24.2 Å². The Labute approximate surface area is 151 Å². The van der Waals surface area contributed by atoms with E-state index in [0.717, 1.165) is 6.42 Å². The van der Waals surface area contributed by atoms with Crippen LogP contribution in [0.4, 0.5) is 0 Å². The highest BCUT2D eigenvalue weighted by Gasteiger charge is 2.49. The topological polar surface area (TPSA) is 98.9 Å². The van der Waals surface area contributed by atoms with Crippen molar-refractivity contribution in [1.29, 1.82) is 0 Å². The Morgan fingerprint density at radius 1 is 1.23 bits per heavy atom. The molecule has 1 fully saturated rings. The average molecular weight is 358 g/mol. The molecular formula is C19H22N2O5. The molecule has 3 rings (SSSR count). The van der Waals surface area contributed by atoms with Crippen LogP contribution in [0.1, 0.15) is 30.9 Å². The third-order valence-electron chi connectivity index (χ3n) is 5.00. The van der Waals surface area contributed by atoms with Gasteiger partial charge in [-0.25, -0.2) is 0 Å². The zero-order valence-corrected chi connectivity index (χ0v) is 14.8. The van der Waals surface area contributed by atoms with E-state index in [1.54, 1.807) is 24.3 Å². The maximum absolute atomic E-state index is 12.9. The zero-order chi connectivity index (χ0) is 18.8. The van der Waals surface area contributed by atoms with Crippen molar-refractivity contribution >= 4 is 17.7 Å². The molecule has 138 valence electrons. The second-order valence-electron chi connectivity index (χ2n) is 6.48. The number of carbonyl (C=O) groups is 3. The number of likely N-dealkylation sites (tertiary alicyclic amines) is 1. The number of hydrogen-bond donors (Lipinski definition) is 1. The van der Waals surface area contributed by atoms with Crippen LogP contribution in [0.15, 0.2) is 30.4 Å². The molecule has 2 aliphatic rings. The number of allylic oxidation sites excluding steroid dienone is 1. The minimum Gasteiger partial charge on any atom is -0.493 e. The number of nitrogens with two attached hydrogens (primary N) is 1. The summed E-state index contributed by atoms with van der Waals surface area (Å²) < 4.78 is 10.5. The molecule has 1 saturated heterocycles. The van der Waals surface area contributed by atoms with Crippen LogP contribution in [0.25, 0.3) is 0 Å². The molecule has 0 aromatic heterocycles. The highest BCUT2D eigenvalue weighted by atomic mass is 16.5. The maximum atomic E-state index is 12.9. The molecule has 1 aromatic rings. The summed E-state index contributed by atoms with van der Waals surface area (Å²) in [5.74, 6) is -0.950. The van der Waals surface area contributed by atoms with Crippen molar-refractivity contribution in [3.8, 4) is 11.5 Å². The van der Waals surface area contributed by atoms with Crippen LogP contribution in [0.5, 0.6) is 11.5 Å². The van der Waals surface area contributed by atoms with Gasteiger partial charge in [-0.2, -0.15) is 0 Å². The molecule has 0 radical (unpaired) electrons. The molecular weight excluding hydrogens is 336 g/mol. The molecule has 0 spiro atoms. The Balaban J connectivity index is 2.01. The lowest BCUT2D eigenvalue weighted by Crippen LogP contribution is -2.37. The average Bonchev–Trinajstić information content (AvgIpc) is 2.90. The van der Waals surface area contributed by atoms with E-state index < -0.39 is 17.9 Å². The Morgan fingerprint density at radius 2 is 1.96 bits per heavy atom. The molecule has 3 atom stereocenters. The summed E-state index contributed by atoms with van der Waals surface area (Å²) in [6.45, 7) is 0. The predicted octanol–water partition coefficient (Wildman–Crippen LogP) is 1.57. The van der Waals surface area contributed by atoms with Crippen LogP contribution in [0, 0.1) is 11.8 Å². The number of methoxy groups -OCH3 is 2. The van der Waals surface area contributed by atoms with Gasteiger partial charge in [0.15, 0.2) is 11.5 Å². The molecule has 7 nitrogen and oxygen atoms in total. The Hall–Kier alpha value is -2.83. The summed E-state index contributed by atoms with van der Waals surface area (Å²) in [6, 6.07) is 4.31. The molecule has 2 N–H and O–H groups in total. The number of imide groups is 1. The van der Waals surface area contributed by atoms with Crippen LogP contribution in [0.2, 0.25) is 0 Å². The van der Waals surface area contributed by atoms with Crippen LogP contribution < -0.4 is 15.2 Å². The molecule has 1 heterocycles. The number of primary amides is 1. The number of benzene rings is 1. The number of amides is 3. The summed E-state index contributed by atoms with van der Waals surface area (Å²) in [4.78, 5) is 38.6. The largest absolute Gasteiger partial charge is 0.493 e. The van der Waals surface area contributed by atoms with Crippen molar-refractivity contribution in [2.24, 2.45) is 17.6 Å². The molecule has 0 saturated carbocycles. The smallest absolute Gasteiger partial charge is 0.237 e. The lowest BCUT2D eigenvalue weighted by Gasteiger charge is -2.27. The van der Waals surface area contributed by atoms with Crippen LogP contribution in [0.3, 0.4) is 0 Å². The molecule has 26 heavy (non-hydrogen) atoms. The van der Waals surface area contributed by atoms with E-state index in [1.165, 1.54) is 19.1 Å². The molecule has 3 amide bonds. The Morgan fingerprint density at radius 3 is 2.58 bits per heavy atom. The highest BCUT2D eigenvalue weighted by Crippen LogP contribution is 2.41. The van der Waals surface area contributed by atoms with Crippen molar-refractivity contribution in [3.05, 3.63) is 35.9 Å². The minimum absolute atomic E-state index is 0.143. The number of rotatable bonds is 6. The Bertz CT molecular complexity index is 773. The van der Waals surface area contributed by atoms with E-state index in [2.05, 4.69) is 0 Å². The quantitative estimate of drug-likeness (QED) is 0.615. The van der Waals surface area contributed by atoms with E-state index >= 15 is 0 Å². The molecule has 0 bridgehead atoms. The van der Waals surface area contributed by atoms with Gasteiger partial charge < -0.3 is 15.2 Å². The number of fused-ring (bicyclic) bond motifs is 1. The third kappa shape index (κ3) is 3.05. The van der Waals surface area contributed by atoms with Gasteiger partial charge in [0.25, 0.3) is 0 Å². The first kappa shape index (κ1) is 18.0. The highest BCUT2D eigenvalue weighted by molar-refractivity contribution is 6.06. The Kier molecular flexibility index (Phi) is 4.97. The lowest BCUT2D eigenvalue weighted by molar-refractivity contribution is -0.143. The van der Waals surface area contributed by atoms with E-state index in [1.807, 2.05) is 6.08 Å². The van der Waals surface area contributed by atoms with E-state index in [4.69, 9.17) is 15.2 Å². The fourth-order valence-electron chi connectivity index (χ4n) is 3.73. The standard InChI is InChI=1S/C19H22N2O5/c1-25-15-8-7-11(9-16(15)26-2)14(10-17(20)22)21-18(23)12-5-3-4-6-13(12)19(21)24/h3,5,7-9,12-14H,4,6,10H2,1-2H3,(H2,20,22). The number of ether oxygens (including phenoxy) is 2. The molecule has 1 aliphatic heterocycles. The lowest BCUT2D eigenvalue weighted by atomic mass is 9.86. The zero-order valence-electron chi connectivity index (χ0n) is 14.8. The van der Waals surface area contributed by atoms with Crippen molar-refractivity contribution in [1.82, 2.24) is 4.90 Å². The van der Waals surface area contributed by atoms with Crippen molar-refractivity contribution in [2.75, 3.05) is 14.2 Å². The van der Waals surface area contributed by atoms with Gasteiger partial charge in [-0.05, 0) is 30.5 Å². The molecule has 7 heteroatoms. The first-order valence-electron chi connectivity index (χ1n) is 8.51. The van der Waals surface area contributed by atoms with Crippen molar-refractivity contribution < 1.29 is 23.9 Å². The van der Waals surface area contributed by atoms with Crippen molar-refractivity contribution in [2.45, 2.75) is 25.3 Å². The van der Waals surface area contributed by atoms with E-state index in [0.29, 0.717) is 23.5 Å². The third-order valence-corrected chi connectivity index (χ3v) is 5.00. The summed E-state index contributed by atoms with van der Waals surface area (Å²) in [6.07, 6.45) is 4.98. The van der Waals surface area contributed by atoms with Gasteiger partial charge in [0.05, 0.1) is 38.5 Å². The second kappa shape index (κ2) is 7.19. The van der Waals surface area contributed by atoms with Crippen molar-refractivity contribution in [3.63, 3.8) is 0 Å². The fraction of sp³-hybridized carbons (Fsp3) is 0.421. The predicted molar refractivity (Wildman–Crippen MR) is 93.3 cm³/mol. The number of carbonyl (C=O) groups excluding carboxylic acids is 3. The summed E-state index contributed by atoms with van der Waals surface area (Å²) in [7, 11) is 3.01. The SMILES string of the molecule is COc1ccc(C(CC(N)=O)N2C(=O)C3C=CCCC3C2=O)cc1OC. The molecule has 1 aliphatic carbocycles. The van der Waals surface area contributed by atoms with Gasteiger partial charge >= 0.3 is 0 Å². The minimum atomic E-state index is -0.758. The molecule has 1 aromatic carbocycles. The van der Waals surface area contributed by atoms with E-state index in [9.17, 15) is 14.4 Å². The van der Waals surface area contributed by atoms with Gasteiger partial charge in [0.2, 0.25) is 17.7 Å². The summed E-state index contributed by atoms with van der Waals surface area (Å²) in [5, 5.41) is 0. The summed E-state index contributed by atoms with van der Waals surface area (Å²) >= 11 is 0. The number of nitrogens with zero attached hydrogens (tertiary/aromatic N) is 1.